The van der Waals surface area contributed by atoms with E-state index in [0.717, 1.165) is 66.8 Å². The Kier molecular flexibility index (Phi) is 5.84. The zero-order valence-electron chi connectivity index (χ0n) is 25.8. The van der Waals surface area contributed by atoms with Gasteiger partial charge in [-0.3, -0.25) is 0 Å². The number of nitrogens with zero attached hydrogens (tertiary/aromatic N) is 4. The second-order valence-corrected chi connectivity index (χ2v) is 12.3. The molecule has 4 heteroatoms. The summed E-state index contributed by atoms with van der Waals surface area (Å²) < 4.78 is 0. The molecule has 0 spiro atoms. The van der Waals surface area contributed by atoms with Crippen molar-refractivity contribution in [3.05, 3.63) is 158 Å². The standard InChI is InChI=1S/C44H26N4/c1-2-5-27(6-3-1)38-25-26-39(48-47-38)29-11-9-28(10-12-29)37-23-19-33-15-16-34-20-24-40(46-44(34)43(33)45-37)35-21-17-32-14-13-30-7-4-8-31-18-22-36(35)42(32)41(30)31/h1-26H. The van der Waals surface area contributed by atoms with E-state index in [9.17, 15) is 0 Å². The number of hydrogen-bond acceptors (Lipinski definition) is 4. The van der Waals surface area contributed by atoms with Crippen LogP contribution < -0.4 is 0 Å². The SMILES string of the molecule is c1ccc(-c2ccc(-c3ccc(-c4ccc5ccc6ccc(-c7ccc8ccc9cccc%10ccc7c8c9%10)nc6c5n4)cc3)nn2)cc1. The van der Waals surface area contributed by atoms with Crippen LogP contribution in [0.1, 0.15) is 0 Å². The normalized spacial score (nSPS) is 11.8. The van der Waals surface area contributed by atoms with Gasteiger partial charge in [0.25, 0.3) is 0 Å². The lowest BCUT2D eigenvalue weighted by molar-refractivity contribution is 1.04. The summed E-state index contributed by atoms with van der Waals surface area (Å²) in [6.07, 6.45) is 0. The molecule has 48 heavy (non-hydrogen) atoms. The molecule has 0 saturated carbocycles. The van der Waals surface area contributed by atoms with Crippen molar-refractivity contribution in [3.63, 3.8) is 0 Å². The molecule has 4 nitrogen and oxygen atoms in total. The predicted molar refractivity (Wildman–Crippen MR) is 198 cm³/mol. The highest BCUT2D eigenvalue weighted by molar-refractivity contribution is 6.25. The summed E-state index contributed by atoms with van der Waals surface area (Å²) in [5, 5.41) is 18.7. The largest absolute Gasteiger partial charge is 0.245 e. The van der Waals surface area contributed by atoms with Crippen LogP contribution in [-0.2, 0) is 0 Å². The lowest BCUT2D eigenvalue weighted by atomic mass is 9.91. The lowest BCUT2D eigenvalue weighted by Crippen LogP contribution is -1.93. The van der Waals surface area contributed by atoms with Crippen molar-refractivity contribution in [3.8, 4) is 45.0 Å². The Labute approximate surface area is 276 Å². The van der Waals surface area contributed by atoms with Crippen LogP contribution in [0.4, 0.5) is 0 Å². The van der Waals surface area contributed by atoms with Crippen molar-refractivity contribution in [2.45, 2.75) is 0 Å². The van der Waals surface area contributed by atoms with Crippen LogP contribution in [0, 0.1) is 0 Å². The molecule has 0 fully saturated rings. The van der Waals surface area contributed by atoms with Crippen LogP contribution in [0.25, 0.3) is 99.2 Å². The average Bonchev–Trinajstić information content (AvgIpc) is 3.17. The van der Waals surface area contributed by atoms with Gasteiger partial charge in [-0.15, -0.1) is 10.2 Å². The van der Waals surface area contributed by atoms with Gasteiger partial charge in [-0.25, -0.2) is 9.97 Å². The van der Waals surface area contributed by atoms with E-state index in [2.05, 4.69) is 125 Å². The van der Waals surface area contributed by atoms with Crippen molar-refractivity contribution in [2.24, 2.45) is 0 Å². The molecule has 0 aliphatic carbocycles. The Hall–Kier alpha value is -6.52. The third-order valence-corrected chi connectivity index (χ3v) is 9.53. The van der Waals surface area contributed by atoms with E-state index in [0.29, 0.717) is 0 Å². The molecule has 3 heterocycles. The van der Waals surface area contributed by atoms with E-state index < -0.39 is 0 Å². The van der Waals surface area contributed by atoms with Crippen molar-refractivity contribution in [1.29, 1.82) is 0 Å². The molecule has 10 aromatic rings. The number of benzene rings is 7. The first-order valence-corrected chi connectivity index (χ1v) is 16.1. The third kappa shape index (κ3) is 4.24. The van der Waals surface area contributed by atoms with Crippen molar-refractivity contribution >= 4 is 54.1 Å². The molecular formula is C44H26N4. The van der Waals surface area contributed by atoms with Crippen LogP contribution in [0.3, 0.4) is 0 Å². The quantitative estimate of drug-likeness (QED) is 0.186. The molecule has 10 rings (SSSR count). The lowest BCUT2D eigenvalue weighted by Gasteiger charge is -2.14. The maximum absolute atomic E-state index is 5.30. The molecule has 0 saturated heterocycles. The summed E-state index contributed by atoms with van der Waals surface area (Å²) in [6.45, 7) is 0. The zero-order valence-corrected chi connectivity index (χ0v) is 25.8. The molecule has 0 aliphatic rings. The fourth-order valence-corrected chi connectivity index (χ4v) is 7.10. The van der Waals surface area contributed by atoms with E-state index in [1.54, 1.807) is 0 Å². The van der Waals surface area contributed by atoms with E-state index >= 15 is 0 Å². The summed E-state index contributed by atoms with van der Waals surface area (Å²) in [4.78, 5) is 10.5. The molecule has 0 bridgehead atoms. The van der Waals surface area contributed by atoms with Gasteiger partial charge in [0.1, 0.15) is 0 Å². The Morgan fingerprint density at radius 3 is 1.44 bits per heavy atom. The molecule has 0 atom stereocenters. The second kappa shape index (κ2) is 10.5. The summed E-state index contributed by atoms with van der Waals surface area (Å²) in [6, 6.07) is 55.2. The van der Waals surface area contributed by atoms with Gasteiger partial charge >= 0.3 is 0 Å². The van der Waals surface area contributed by atoms with Gasteiger partial charge in [0.05, 0.1) is 33.8 Å². The summed E-state index contributed by atoms with van der Waals surface area (Å²) in [7, 11) is 0. The van der Waals surface area contributed by atoms with E-state index in [1.165, 1.54) is 32.3 Å². The molecule has 0 aliphatic heterocycles. The van der Waals surface area contributed by atoms with Gasteiger partial charge in [-0.2, -0.15) is 0 Å². The molecule has 0 N–H and O–H groups in total. The Balaban J connectivity index is 1.04. The summed E-state index contributed by atoms with van der Waals surface area (Å²) in [5.74, 6) is 0. The number of aromatic nitrogens is 4. The maximum atomic E-state index is 5.30. The smallest absolute Gasteiger partial charge is 0.0972 e. The molecule has 0 radical (unpaired) electrons. The molecule has 0 unspecified atom stereocenters. The highest BCUT2D eigenvalue weighted by Crippen LogP contribution is 2.39. The van der Waals surface area contributed by atoms with Crippen LogP contribution in [-0.4, -0.2) is 20.2 Å². The number of rotatable bonds is 4. The molecule has 0 amide bonds. The molecule has 3 aromatic heterocycles. The zero-order chi connectivity index (χ0) is 31.6. The van der Waals surface area contributed by atoms with E-state index in [4.69, 9.17) is 9.97 Å². The average molecular weight is 611 g/mol. The maximum Gasteiger partial charge on any atom is 0.0972 e. The van der Waals surface area contributed by atoms with Crippen molar-refractivity contribution in [1.82, 2.24) is 20.2 Å². The van der Waals surface area contributed by atoms with E-state index in [1.807, 2.05) is 42.5 Å². The fourth-order valence-electron chi connectivity index (χ4n) is 7.10. The topological polar surface area (TPSA) is 51.6 Å². The Morgan fingerprint density at radius 1 is 0.292 bits per heavy atom. The van der Waals surface area contributed by atoms with Gasteiger partial charge in [0, 0.05) is 33.0 Å². The minimum atomic E-state index is 0.835. The Bertz CT molecular complexity index is 2790. The number of pyridine rings is 2. The van der Waals surface area contributed by atoms with Gasteiger partial charge in [0.15, 0.2) is 0 Å². The second-order valence-electron chi connectivity index (χ2n) is 12.3. The minimum Gasteiger partial charge on any atom is -0.245 e. The van der Waals surface area contributed by atoms with Crippen molar-refractivity contribution in [2.75, 3.05) is 0 Å². The van der Waals surface area contributed by atoms with Gasteiger partial charge in [0.2, 0.25) is 0 Å². The predicted octanol–water partition coefficient (Wildman–Crippen LogP) is 11.1. The molecule has 7 aromatic carbocycles. The molecular weight excluding hydrogens is 585 g/mol. The summed E-state index contributed by atoms with van der Waals surface area (Å²) in [5.41, 5.74) is 9.59. The monoisotopic (exact) mass is 610 g/mol. The van der Waals surface area contributed by atoms with Gasteiger partial charge in [-0.1, -0.05) is 133 Å². The molecule has 222 valence electrons. The fraction of sp³-hybridized carbons (Fsp3) is 0. The van der Waals surface area contributed by atoms with Crippen molar-refractivity contribution < 1.29 is 0 Å². The first-order valence-electron chi connectivity index (χ1n) is 16.1. The number of hydrogen-bond donors (Lipinski definition) is 0. The minimum absolute atomic E-state index is 0.835. The van der Waals surface area contributed by atoms with E-state index in [-0.39, 0.29) is 0 Å². The third-order valence-electron chi connectivity index (χ3n) is 9.53. The first kappa shape index (κ1) is 26.7. The Morgan fingerprint density at radius 2 is 0.771 bits per heavy atom. The first-order chi connectivity index (χ1) is 23.8. The number of fused-ring (bicyclic) bond motifs is 3. The highest BCUT2D eigenvalue weighted by atomic mass is 15.1. The summed E-state index contributed by atoms with van der Waals surface area (Å²) >= 11 is 0. The van der Waals surface area contributed by atoms with Gasteiger partial charge < -0.3 is 0 Å². The van der Waals surface area contributed by atoms with Crippen LogP contribution in [0.15, 0.2) is 158 Å². The highest BCUT2D eigenvalue weighted by Gasteiger charge is 2.14. The van der Waals surface area contributed by atoms with Gasteiger partial charge in [-0.05, 0) is 56.6 Å². The van der Waals surface area contributed by atoms with Crippen LogP contribution in [0.5, 0.6) is 0 Å². The van der Waals surface area contributed by atoms with Crippen LogP contribution in [0.2, 0.25) is 0 Å². The van der Waals surface area contributed by atoms with Crippen LogP contribution >= 0.6 is 0 Å².